The van der Waals surface area contributed by atoms with Crippen molar-refractivity contribution in [2.24, 2.45) is 5.92 Å². The molecule has 1 aromatic carbocycles. The highest BCUT2D eigenvalue weighted by Gasteiger charge is 2.27. The lowest BCUT2D eigenvalue weighted by Crippen LogP contribution is -2.20. The first-order valence-electron chi connectivity index (χ1n) is 9.05. The molecule has 0 bridgehead atoms. The number of thiazole rings is 1. The van der Waals surface area contributed by atoms with Crippen LogP contribution in [0.15, 0.2) is 54.9 Å². The number of Topliss-reactive ketones (excluding diaryl/α,β-unsaturated/α-hetero) is 1. The third-order valence-electron chi connectivity index (χ3n) is 4.84. The summed E-state index contributed by atoms with van der Waals surface area (Å²) in [7, 11) is 0. The van der Waals surface area contributed by atoms with Gasteiger partial charge in [-0.3, -0.25) is 14.7 Å². The molecule has 1 aliphatic heterocycles. The number of ketones is 1. The Kier molecular flexibility index (Phi) is 5.62. The average Bonchev–Trinajstić information content (AvgIpc) is 3.29. The molecule has 1 aliphatic rings. The fraction of sp³-hybridized carbons (Fsp3) is 0.286. The topological polar surface area (TPSA) is 46.1 Å². The molecular formula is C21H20ClN3OS. The van der Waals surface area contributed by atoms with E-state index in [1.54, 1.807) is 12.4 Å². The second kappa shape index (κ2) is 8.30. The predicted molar refractivity (Wildman–Crippen MR) is 109 cm³/mol. The molecule has 138 valence electrons. The molecule has 0 aliphatic carbocycles. The number of hydrogen-bond donors (Lipinski definition) is 0. The van der Waals surface area contributed by atoms with Crippen LogP contribution in [0.3, 0.4) is 0 Å². The summed E-state index contributed by atoms with van der Waals surface area (Å²) >= 11 is 7.62. The lowest BCUT2D eigenvalue weighted by molar-refractivity contribution is 0.0966. The van der Waals surface area contributed by atoms with Gasteiger partial charge in [0.2, 0.25) is 0 Å². The number of hydrogen-bond acceptors (Lipinski definition) is 5. The molecule has 1 atom stereocenters. The van der Waals surface area contributed by atoms with Crippen molar-refractivity contribution in [3.63, 3.8) is 0 Å². The maximum absolute atomic E-state index is 12.8. The number of benzene rings is 1. The molecule has 0 spiro atoms. The minimum absolute atomic E-state index is 0.0965. The van der Waals surface area contributed by atoms with Gasteiger partial charge in [-0.15, -0.1) is 11.3 Å². The number of likely N-dealkylation sites (tertiary alicyclic amines) is 1. The normalized spacial score (nSPS) is 17.3. The minimum Gasteiger partial charge on any atom is -0.299 e. The standard InChI is InChI=1S/C21H20ClN3OS/c22-20-19(27-21(24-20)17-7-4-9-23-12-17)18(26)11-16-8-10-25(14-16)13-15-5-2-1-3-6-15/h1-7,9,12,16H,8,10-11,13-14H2. The Labute approximate surface area is 167 Å². The van der Waals surface area contributed by atoms with E-state index in [-0.39, 0.29) is 5.78 Å². The van der Waals surface area contributed by atoms with E-state index in [1.807, 2.05) is 18.2 Å². The summed E-state index contributed by atoms with van der Waals surface area (Å²) in [6, 6.07) is 14.2. The minimum atomic E-state index is 0.0965. The average molecular weight is 398 g/mol. The van der Waals surface area contributed by atoms with Crippen molar-refractivity contribution in [3.05, 3.63) is 70.5 Å². The van der Waals surface area contributed by atoms with E-state index >= 15 is 0 Å². The first-order valence-corrected chi connectivity index (χ1v) is 10.2. The third-order valence-corrected chi connectivity index (χ3v) is 6.37. The smallest absolute Gasteiger partial charge is 0.176 e. The van der Waals surface area contributed by atoms with E-state index < -0.39 is 0 Å². The number of aromatic nitrogens is 2. The van der Waals surface area contributed by atoms with Gasteiger partial charge in [-0.2, -0.15) is 0 Å². The number of halogens is 1. The molecule has 6 heteroatoms. The van der Waals surface area contributed by atoms with Gasteiger partial charge in [0.1, 0.15) is 9.88 Å². The Morgan fingerprint density at radius 3 is 2.85 bits per heavy atom. The molecule has 1 saturated heterocycles. The first kappa shape index (κ1) is 18.3. The highest BCUT2D eigenvalue weighted by Crippen LogP contribution is 2.33. The van der Waals surface area contributed by atoms with Gasteiger partial charge in [-0.1, -0.05) is 41.9 Å². The summed E-state index contributed by atoms with van der Waals surface area (Å²) in [6.45, 7) is 2.93. The van der Waals surface area contributed by atoms with Crippen molar-refractivity contribution in [1.82, 2.24) is 14.9 Å². The second-order valence-corrected chi connectivity index (χ2v) is 8.24. The number of carbonyl (C=O) groups excluding carboxylic acids is 1. The van der Waals surface area contributed by atoms with Gasteiger partial charge in [0.25, 0.3) is 0 Å². The van der Waals surface area contributed by atoms with Gasteiger partial charge in [-0.05, 0) is 36.6 Å². The van der Waals surface area contributed by atoms with E-state index in [9.17, 15) is 4.79 Å². The Hall–Kier alpha value is -2.08. The molecule has 0 N–H and O–H groups in total. The van der Waals surface area contributed by atoms with Crippen LogP contribution >= 0.6 is 22.9 Å². The zero-order valence-electron chi connectivity index (χ0n) is 14.8. The lowest BCUT2D eigenvalue weighted by Gasteiger charge is -2.15. The molecule has 1 fully saturated rings. The van der Waals surface area contributed by atoms with Crippen LogP contribution in [0.5, 0.6) is 0 Å². The van der Waals surface area contributed by atoms with Crippen LogP contribution in [-0.4, -0.2) is 33.7 Å². The summed E-state index contributed by atoms with van der Waals surface area (Å²) in [4.78, 5) is 24.2. The quantitative estimate of drug-likeness (QED) is 0.552. The van der Waals surface area contributed by atoms with Crippen LogP contribution in [0.2, 0.25) is 5.15 Å². The highest BCUT2D eigenvalue weighted by atomic mass is 35.5. The van der Waals surface area contributed by atoms with E-state index in [4.69, 9.17) is 11.6 Å². The lowest BCUT2D eigenvalue weighted by atomic mass is 10.0. The second-order valence-electron chi connectivity index (χ2n) is 6.88. The number of nitrogens with zero attached hydrogens (tertiary/aromatic N) is 3. The van der Waals surface area contributed by atoms with Crippen molar-refractivity contribution in [2.45, 2.75) is 19.4 Å². The fourth-order valence-electron chi connectivity index (χ4n) is 3.51. The molecule has 3 aromatic rings. The molecule has 1 unspecified atom stereocenters. The molecule has 2 aromatic heterocycles. The van der Waals surface area contributed by atoms with E-state index in [1.165, 1.54) is 16.9 Å². The molecular weight excluding hydrogens is 378 g/mol. The van der Waals surface area contributed by atoms with Crippen LogP contribution in [0.1, 0.15) is 28.1 Å². The molecule has 4 rings (SSSR count). The summed E-state index contributed by atoms with van der Waals surface area (Å²) in [6.07, 6.45) is 5.03. The highest BCUT2D eigenvalue weighted by molar-refractivity contribution is 7.17. The Morgan fingerprint density at radius 2 is 2.07 bits per heavy atom. The van der Waals surface area contributed by atoms with Crippen LogP contribution in [0.25, 0.3) is 10.6 Å². The SMILES string of the molecule is O=C(CC1CCN(Cc2ccccc2)C1)c1sc(-c2cccnc2)nc1Cl. The Balaban J connectivity index is 1.38. The summed E-state index contributed by atoms with van der Waals surface area (Å²) in [5.74, 6) is 0.473. The first-order chi connectivity index (χ1) is 13.2. The molecule has 0 amide bonds. The Morgan fingerprint density at radius 1 is 1.22 bits per heavy atom. The largest absolute Gasteiger partial charge is 0.299 e. The molecule has 0 radical (unpaired) electrons. The van der Waals surface area contributed by atoms with Gasteiger partial charge >= 0.3 is 0 Å². The van der Waals surface area contributed by atoms with E-state index in [0.717, 1.165) is 36.6 Å². The summed E-state index contributed by atoms with van der Waals surface area (Å²) < 4.78 is 0. The van der Waals surface area contributed by atoms with E-state index in [2.05, 4.69) is 39.1 Å². The van der Waals surface area contributed by atoms with Crippen LogP contribution < -0.4 is 0 Å². The number of rotatable bonds is 6. The maximum atomic E-state index is 12.8. The summed E-state index contributed by atoms with van der Waals surface area (Å²) in [5.41, 5.74) is 2.20. The van der Waals surface area contributed by atoms with Crippen LogP contribution in [-0.2, 0) is 6.54 Å². The zero-order chi connectivity index (χ0) is 18.6. The van der Waals surface area contributed by atoms with Gasteiger partial charge in [-0.25, -0.2) is 4.98 Å². The van der Waals surface area contributed by atoms with Crippen LogP contribution in [0.4, 0.5) is 0 Å². The monoisotopic (exact) mass is 397 g/mol. The molecule has 4 nitrogen and oxygen atoms in total. The third kappa shape index (κ3) is 4.43. The number of pyridine rings is 1. The number of carbonyl (C=O) groups is 1. The molecule has 0 saturated carbocycles. The van der Waals surface area contributed by atoms with Crippen molar-refractivity contribution < 1.29 is 4.79 Å². The fourth-order valence-corrected chi connectivity index (χ4v) is 4.76. The maximum Gasteiger partial charge on any atom is 0.176 e. The van der Waals surface area contributed by atoms with Crippen molar-refractivity contribution in [1.29, 1.82) is 0 Å². The Bertz CT molecular complexity index is 914. The van der Waals surface area contributed by atoms with Crippen molar-refractivity contribution >= 4 is 28.7 Å². The summed E-state index contributed by atoms with van der Waals surface area (Å²) in [5, 5.41) is 1.05. The van der Waals surface area contributed by atoms with Gasteiger partial charge < -0.3 is 0 Å². The van der Waals surface area contributed by atoms with Crippen LogP contribution in [0, 0.1) is 5.92 Å². The van der Waals surface area contributed by atoms with Crippen molar-refractivity contribution in [2.75, 3.05) is 13.1 Å². The zero-order valence-corrected chi connectivity index (χ0v) is 16.4. The van der Waals surface area contributed by atoms with Gasteiger partial charge in [0, 0.05) is 37.5 Å². The van der Waals surface area contributed by atoms with Crippen molar-refractivity contribution in [3.8, 4) is 10.6 Å². The van der Waals surface area contributed by atoms with Gasteiger partial charge in [0.05, 0.1) is 0 Å². The van der Waals surface area contributed by atoms with Gasteiger partial charge in [0.15, 0.2) is 10.9 Å². The van der Waals surface area contributed by atoms with E-state index in [0.29, 0.717) is 22.4 Å². The molecule has 27 heavy (non-hydrogen) atoms. The predicted octanol–water partition coefficient (Wildman–Crippen LogP) is 4.95. The molecule has 3 heterocycles.